The van der Waals surface area contributed by atoms with Crippen LogP contribution in [0.2, 0.25) is 0 Å². The second-order valence-electron chi connectivity index (χ2n) is 0.530. The van der Waals surface area contributed by atoms with Gasteiger partial charge in [0.25, 0.3) is 0 Å². The third kappa shape index (κ3) is 1.92. The van der Waals surface area contributed by atoms with Crippen molar-refractivity contribution < 1.29 is 0 Å². The van der Waals surface area contributed by atoms with Crippen molar-refractivity contribution in [3.8, 4) is 0 Å². The Morgan fingerprint density at radius 1 is 2.00 bits per heavy atom. The first kappa shape index (κ1) is 3.92. The lowest BCUT2D eigenvalue weighted by molar-refractivity contribution is 0.752. The molecule has 0 bridgehead atoms. The van der Waals surface area contributed by atoms with E-state index in [1.807, 2.05) is 6.92 Å². The van der Waals surface area contributed by atoms with Crippen LogP contribution >= 0.6 is 0 Å². The van der Waals surface area contributed by atoms with Gasteiger partial charge in [-0.3, -0.25) is 0 Å². The molecule has 0 aromatic rings. The highest BCUT2D eigenvalue weighted by Crippen LogP contribution is 1.32. The fraction of sp³-hybridized carbons (Fsp3) is 1.00. The van der Waals surface area contributed by atoms with E-state index in [2.05, 4.69) is 5.43 Å². The second-order valence-corrected chi connectivity index (χ2v) is 0.530. The summed E-state index contributed by atoms with van der Waals surface area (Å²) in [6.07, 6.45) is 0. The molecule has 0 unspecified atom stereocenters. The number of nitrogens with one attached hydrogen (secondary N) is 2. The van der Waals surface area contributed by atoms with E-state index in [1.165, 1.54) is 0 Å². The molecule has 0 aromatic carbocycles. The van der Waals surface area contributed by atoms with Crippen molar-refractivity contribution in [1.82, 2.24) is 11.3 Å². The van der Waals surface area contributed by atoms with E-state index in [-0.39, 0.29) is 0 Å². The fourth-order valence-electron chi connectivity index (χ4n) is 0. The third-order valence-electron chi connectivity index (χ3n) is 0.177. The Kier molecular flexibility index (Phi) is 2.86. The van der Waals surface area contributed by atoms with Crippen LogP contribution in [0.15, 0.2) is 0 Å². The molecule has 2 nitrogen and oxygen atoms in total. The minimum absolute atomic E-state index is 0.736. The van der Waals surface area contributed by atoms with Crippen LogP contribution in [0.4, 0.5) is 0 Å². The van der Waals surface area contributed by atoms with Gasteiger partial charge < -0.3 is 0 Å². The normalized spacial score (nSPS) is 7.50. The van der Waals surface area contributed by atoms with Crippen LogP contribution in [0.1, 0.15) is 6.92 Å². The highest BCUT2D eigenvalue weighted by atomic mass is 15.2. The quantitative estimate of drug-likeness (QED) is 0.417. The fourth-order valence-corrected chi connectivity index (χ4v) is 0. The molecule has 0 saturated heterocycles. The lowest BCUT2D eigenvalue weighted by Gasteiger charge is -1.74. The molecule has 0 aromatic heterocycles. The summed E-state index contributed by atoms with van der Waals surface area (Å²) in [5.41, 5.74) is 2.18. The van der Waals surface area contributed by atoms with Crippen molar-refractivity contribution in [3.63, 3.8) is 0 Å². The molecule has 2 heteroatoms. The summed E-state index contributed by atoms with van der Waals surface area (Å²) in [5, 5.41) is 0. The first-order valence-corrected chi connectivity index (χ1v) is 1.31. The molecular formula is C2H7N2. The van der Waals surface area contributed by atoms with E-state index in [9.17, 15) is 0 Å². The zero-order valence-corrected chi connectivity index (χ0v) is 2.71. The predicted octanol–water partition coefficient (Wildman–Crippen LogP) is -0.206. The van der Waals surface area contributed by atoms with Crippen molar-refractivity contribution >= 4 is 0 Å². The van der Waals surface area contributed by atoms with Crippen LogP contribution in [-0.2, 0) is 0 Å². The maximum absolute atomic E-state index is 6.20. The van der Waals surface area contributed by atoms with Crippen molar-refractivity contribution in [2.45, 2.75) is 6.92 Å². The molecule has 0 rings (SSSR count). The maximum Gasteiger partial charge on any atom is 0.00850 e. The van der Waals surface area contributed by atoms with Gasteiger partial charge in [0.2, 0.25) is 0 Å². The summed E-state index contributed by atoms with van der Waals surface area (Å²) >= 11 is 0. The average molecular weight is 59.1 g/mol. The SMILES string of the molecule is CCN[NH]. The molecule has 1 radical (unpaired) electrons. The van der Waals surface area contributed by atoms with Gasteiger partial charge in [0.15, 0.2) is 0 Å². The summed E-state index contributed by atoms with van der Waals surface area (Å²) in [4.78, 5) is 0. The molecule has 0 amide bonds. The topological polar surface area (TPSA) is 35.8 Å². The van der Waals surface area contributed by atoms with E-state index in [0.29, 0.717) is 0 Å². The highest BCUT2D eigenvalue weighted by molar-refractivity contribution is 4.09. The Morgan fingerprint density at radius 2 is 2.25 bits per heavy atom. The Balaban J connectivity index is 1.97. The van der Waals surface area contributed by atoms with E-state index in [1.54, 1.807) is 0 Å². The summed E-state index contributed by atoms with van der Waals surface area (Å²) in [6, 6.07) is 0. The molecule has 0 fully saturated rings. The van der Waals surface area contributed by atoms with Crippen LogP contribution in [0, 0.1) is 0 Å². The van der Waals surface area contributed by atoms with Crippen molar-refractivity contribution in [2.24, 2.45) is 0 Å². The first-order valence-electron chi connectivity index (χ1n) is 1.31. The lowest BCUT2D eigenvalue weighted by Crippen LogP contribution is -2.06. The van der Waals surface area contributed by atoms with E-state index < -0.39 is 0 Å². The maximum atomic E-state index is 6.20. The molecule has 0 heterocycles. The number of rotatable bonds is 1. The van der Waals surface area contributed by atoms with E-state index >= 15 is 0 Å². The summed E-state index contributed by atoms with van der Waals surface area (Å²) < 4.78 is 0. The Morgan fingerprint density at radius 3 is 2.25 bits per heavy atom. The van der Waals surface area contributed by atoms with Crippen LogP contribution < -0.4 is 11.3 Å². The van der Waals surface area contributed by atoms with Gasteiger partial charge in [0.1, 0.15) is 0 Å². The van der Waals surface area contributed by atoms with Crippen molar-refractivity contribution in [1.29, 1.82) is 0 Å². The van der Waals surface area contributed by atoms with Crippen molar-refractivity contribution in [2.75, 3.05) is 6.54 Å². The molecule has 0 aliphatic carbocycles. The number of hydrogen-bond donors (Lipinski definition) is 1. The second kappa shape index (κ2) is 2.92. The molecular weight excluding hydrogens is 52.0 g/mol. The molecule has 25 valence electrons. The highest BCUT2D eigenvalue weighted by Gasteiger charge is 1.51. The van der Waals surface area contributed by atoms with Gasteiger partial charge in [-0.1, -0.05) is 6.92 Å². The third-order valence-corrected chi connectivity index (χ3v) is 0.177. The molecule has 2 N–H and O–H groups in total. The summed E-state index contributed by atoms with van der Waals surface area (Å²) in [7, 11) is 0. The van der Waals surface area contributed by atoms with Crippen LogP contribution in [0.5, 0.6) is 0 Å². The van der Waals surface area contributed by atoms with E-state index in [4.69, 9.17) is 5.84 Å². The largest absolute Gasteiger partial charge is 0.243 e. The molecule has 0 atom stereocenters. The average Bonchev–Trinajstić information content (AvgIpc) is 1.37. The molecule has 0 aliphatic rings. The van der Waals surface area contributed by atoms with Gasteiger partial charge in [-0.2, -0.15) is 5.84 Å². The van der Waals surface area contributed by atoms with Crippen LogP contribution in [0.3, 0.4) is 0 Å². The standard InChI is InChI=1S/C2H7N2/c1-2-4-3/h3-4H,2H2,1H3. The first-order chi connectivity index (χ1) is 1.91. The minimum atomic E-state index is 0.736. The van der Waals surface area contributed by atoms with Gasteiger partial charge in [0, 0.05) is 6.54 Å². The summed E-state index contributed by atoms with van der Waals surface area (Å²) in [5.74, 6) is 6.20. The van der Waals surface area contributed by atoms with Gasteiger partial charge in [-0.05, 0) is 0 Å². The van der Waals surface area contributed by atoms with E-state index in [0.717, 1.165) is 6.54 Å². The van der Waals surface area contributed by atoms with Gasteiger partial charge in [-0.25, -0.2) is 5.43 Å². The lowest BCUT2D eigenvalue weighted by atomic mass is 10.8. The van der Waals surface area contributed by atoms with Gasteiger partial charge in [0.05, 0.1) is 0 Å². The monoisotopic (exact) mass is 59.1 g/mol. The van der Waals surface area contributed by atoms with Gasteiger partial charge in [-0.15, -0.1) is 0 Å². The number of hydrogen-bond acceptors (Lipinski definition) is 1. The zero-order valence-electron chi connectivity index (χ0n) is 2.71. The Hall–Kier alpha value is -0.0800. The molecule has 0 aliphatic heterocycles. The zero-order chi connectivity index (χ0) is 3.41. The van der Waals surface area contributed by atoms with Crippen LogP contribution in [-0.4, -0.2) is 6.54 Å². The minimum Gasteiger partial charge on any atom is -0.243 e. The molecule has 0 saturated carbocycles. The Bertz CT molecular complexity index is 6.00. The Labute approximate surface area is 26.0 Å². The van der Waals surface area contributed by atoms with Crippen molar-refractivity contribution in [3.05, 3.63) is 0 Å². The predicted molar refractivity (Wildman–Crippen MR) is 16.8 cm³/mol. The summed E-state index contributed by atoms with van der Waals surface area (Å²) in [6.45, 7) is 2.62. The molecule has 0 spiro atoms. The van der Waals surface area contributed by atoms with Crippen LogP contribution in [0.25, 0.3) is 0 Å². The smallest absolute Gasteiger partial charge is 0.00850 e. The van der Waals surface area contributed by atoms with Gasteiger partial charge >= 0.3 is 0 Å². The molecule has 4 heavy (non-hydrogen) atoms.